The number of ether oxygens (including phenoxy) is 1. The molecule has 1 rings (SSSR count). The Morgan fingerprint density at radius 2 is 1.90 bits per heavy atom. The van der Waals surface area contributed by atoms with Crippen LogP contribution in [0.15, 0.2) is 12.7 Å². The van der Waals surface area contributed by atoms with Crippen LogP contribution < -0.4 is 5.32 Å². The quantitative estimate of drug-likeness (QED) is 0.501. The van der Waals surface area contributed by atoms with E-state index in [0.717, 1.165) is 17.7 Å². The van der Waals surface area contributed by atoms with Crippen molar-refractivity contribution in [3.63, 3.8) is 0 Å². The molecule has 1 aliphatic rings. The SMILES string of the molecule is C=CC(C)CCC[C@@H](C)[C@H](NC(=O)OC(C)(C)C)C(=O)N1C[C@H](O)C[C@H]1C(=O)O. The zero-order valence-corrected chi connectivity index (χ0v) is 18.2. The fraction of sp³-hybridized carbons (Fsp3) is 0.762. The van der Waals surface area contributed by atoms with Crippen molar-refractivity contribution < 1.29 is 29.3 Å². The molecule has 2 amide bonds. The van der Waals surface area contributed by atoms with Gasteiger partial charge in [-0.15, -0.1) is 6.58 Å². The van der Waals surface area contributed by atoms with Gasteiger partial charge < -0.3 is 25.2 Å². The van der Waals surface area contributed by atoms with Gasteiger partial charge in [-0.3, -0.25) is 4.79 Å². The monoisotopic (exact) mass is 412 g/mol. The van der Waals surface area contributed by atoms with E-state index >= 15 is 0 Å². The van der Waals surface area contributed by atoms with Crippen LogP contribution in [0.2, 0.25) is 0 Å². The number of hydrogen-bond acceptors (Lipinski definition) is 5. The summed E-state index contributed by atoms with van der Waals surface area (Å²) in [5.74, 6) is -1.57. The fourth-order valence-electron chi connectivity index (χ4n) is 3.40. The lowest BCUT2D eigenvalue weighted by atomic mass is 9.92. The van der Waals surface area contributed by atoms with Crippen LogP contribution >= 0.6 is 0 Å². The molecule has 8 nitrogen and oxygen atoms in total. The summed E-state index contributed by atoms with van der Waals surface area (Å²) in [4.78, 5) is 38.2. The molecule has 8 heteroatoms. The molecule has 1 unspecified atom stereocenters. The second-order valence-electron chi connectivity index (χ2n) is 8.98. The standard InChI is InChI=1S/C21H36N2O6/c1-7-13(2)9-8-10-14(3)17(22-20(28)29-21(4,5)6)18(25)23-12-15(24)11-16(23)19(26)27/h7,13-17,24H,1,8-12H2,2-6H3,(H,22,28)(H,26,27)/t13?,14-,15-,16+,17+/m1/s1. The van der Waals surface area contributed by atoms with E-state index in [0.29, 0.717) is 12.3 Å². The summed E-state index contributed by atoms with van der Waals surface area (Å²) in [5.41, 5.74) is -0.728. The zero-order valence-electron chi connectivity index (χ0n) is 18.2. The summed E-state index contributed by atoms with van der Waals surface area (Å²) in [6.07, 6.45) is 2.62. The van der Waals surface area contributed by atoms with E-state index in [1.807, 2.05) is 13.0 Å². The van der Waals surface area contributed by atoms with Crippen LogP contribution in [0.3, 0.4) is 0 Å². The van der Waals surface area contributed by atoms with E-state index in [1.165, 1.54) is 0 Å². The van der Waals surface area contributed by atoms with Crippen LogP contribution in [0, 0.1) is 11.8 Å². The number of β-amino-alcohol motifs (C(OH)–C–C–N with tert-alkyl or cyclic N) is 1. The lowest BCUT2D eigenvalue weighted by Gasteiger charge is -2.31. The summed E-state index contributed by atoms with van der Waals surface area (Å²) in [6, 6.07) is -2.04. The Kier molecular flexibility index (Phi) is 9.14. The minimum Gasteiger partial charge on any atom is -0.480 e. The van der Waals surface area contributed by atoms with E-state index in [4.69, 9.17) is 4.74 Å². The van der Waals surface area contributed by atoms with Crippen LogP contribution in [0.25, 0.3) is 0 Å². The van der Waals surface area contributed by atoms with Gasteiger partial charge in [0.1, 0.15) is 17.7 Å². The van der Waals surface area contributed by atoms with Crippen molar-refractivity contribution in [2.75, 3.05) is 6.54 Å². The van der Waals surface area contributed by atoms with E-state index in [9.17, 15) is 24.6 Å². The first-order valence-corrected chi connectivity index (χ1v) is 10.2. The van der Waals surface area contributed by atoms with Crippen LogP contribution in [0.1, 0.15) is 60.3 Å². The fourth-order valence-corrected chi connectivity index (χ4v) is 3.40. The molecular formula is C21H36N2O6. The first kappa shape index (κ1) is 24.9. The van der Waals surface area contributed by atoms with Gasteiger partial charge in [0.05, 0.1) is 6.10 Å². The first-order valence-electron chi connectivity index (χ1n) is 10.2. The van der Waals surface area contributed by atoms with Crippen LogP contribution in [-0.4, -0.2) is 63.4 Å². The van der Waals surface area contributed by atoms with Gasteiger partial charge in [-0.05, 0) is 45.4 Å². The molecule has 0 bridgehead atoms. The lowest BCUT2D eigenvalue weighted by Crippen LogP contribution is -2.55. The van der Waals surface area contributed by atoms with Crippen LogP contribution in [0.4, 0.5) is 4.79 Å². The molecule has 0 aliphatic carbocycles. The topological polar surface area (TPSA) is 116 Å². The Morgan fingerprint density at radius 3 is 2.41 bits per heavy atom. The van der Waals surface area contributed by atoms with Crippen molar-refractivity contribution in [3.05, 3.63) is 12.7 Å². The van der Waals surface area contributed by atoms with Gasteiger partial charge in [0.25, 0.3) is 0 Å². The van der Waals surface area contributed by atoms with Crippen molar-refractivity contribution in [1.29, 1.82) is 0 Å². The average molecular weight is 413 g/mol. The second-order valence-corrected chi connectivity index (χ2v) is 8.98. The van der Waals surface area contributed by atoms with Gasteiger partial charge in [0.15, 0.2) is 0 Å². The number of likely N-dealkylation sites (tertiary alicyclic amines) is 1. The van der Waals surface area contributed by atoms with Crippen molar-refractivity contribution in [2.45, 2.75) is 84.1 Å². The van der Waals surface area contributed by atoms with E-state index in [-0.39, 0.29) is 18.9 Å². The molecule has 29 heavy (non-hydrogen) atoms. The van der Waals surface area contributed by atoms with Gasteiger partial charge in [-0.25, -0.2) is 9.59 Å². The molecule has 0 radical (unpaired) electrons. The largest absolute Gasteiger partial charge is 0.480 e. The maximum atomic E-state index is 13.2. The first-order chi connectivity index (χ1) is 13.4. The van der Waals surface area contributed by atoms with Crippen molar-refractivity contribution in [1.82, 2.24) is 10.2 Å². The number of allylic oxidation sites excluding steroid dienone is 1. The maximum Gasteiger partial charge on any atom is 0.408 e. The molecule has 1 heterocycles. The molecule has 0 aromatic rings. The number of aliphatic carboxylic acids is 1. The van der Waals surface area contributed by atoms with E-state index < -0.39 is 41.8 Å². The van der Waals surface area contributed by atoms with Gasteiger partial charge in [0, 0.05) is 13.0 Å². The molecule has 3 N–H and O–H groups in total. The highest BCUT2D eigenvalue weighted by molar-refractivity contribution is 5.90. The molecule has 1 fully saturated rings. The summed E-state index contributed by atoms with van der Waals surface area (Å²) < 4.78 is 5.29. The molecule has 0 aromatic heterocycles. The minimum absolute atomic E-state index is 0.0224. The smallest absolute Gasteiger partial charge is 0.408 e. The third-order valence-corrected chi connectivity index (χ3v) is 5.08. The number of nitrogens with zero attached hydrogens (tertiary/aromatic N) is 1. The Bertz CT molecular complexity index is 600. The number of amides is 2. The Balaban J connectivity index is 2.95. The summed E-state index contributed by atoms with van der Waals surface area (Å²) in [6.45, 7) is 12.8. The number of carbonyl (C=O) groups excluding carboxylic acids is 2. The van der Waals surface area contributed by atoms with Gasteiger partial charge >= 0.3 is 12.1 Å². The highest BCUT2D eigenvalue weighted by atomic mass is 16.6. The molecule has 0 aromatic carbocycles. The molecule has 0 spiro atoms. The van der Waals surface area contributed by atoms with Crippen molar-refractivity contribution in [2.24, 2.45) is 11.8 Å². The molecule has 0 saturated carbocycles. The average Bonchev–Trinajstić information content (AvgIpc) is 2.99. The summed E-state index contributed by atoms with van der Waals surface area (Å²) >= 11 is 0. The molecular weight excluding hydrogens is 376 g/mol. The number of carboxylic acids is 1. The minimum atomic E-state index is -1.17. The molecule has 166 valence electrons. The lowest BCUT2D eigenvalue weighted by molar-refractivity contribution is -0.149. The van der Waals surface area contributed by atoms with Crippen LogP contribution in [-0.2, 0) is 14.3 Å². The van der Waals surface area contributed by atoms with E-state index in [1.54, 1.807) is 20.8 Å². The molecule has 1 saturated heterocycles. The third-order valence-electron chi connectivity index (χ3n) is 5.08. The number of aliphatic hydroxyl groups is 1. The second kappa shape index (κ2) is 10.6. The van der Waals surface area contributed by atoms with Gasteiger partial charge in [-0.2, -0.15) is 0 Å². The number of hydrogen-bond donors (Lipinski definition) is 3. The molecule has 5 atom stereocenters. The number of carboxylic acid groups (broad SMARTS) is 1. The summed E-state index contributed by atoms with van der Waals surface area (Å²) in [5, 5.41) is 21.9. The number of carbonyl (C=O) groups is 3. The number of nitrogens with one attached hydrogen (secondary N) is 1. The van der Waals surface area contributed by atoms with Crippen molar-refractivity contribution in [3.8, 4) is 0 Å². The van der Waals surface area contributed by atoms with Crippen LogP contribution in [0.5, 0.6) is 0 Å². The summed E-state index contributed by atoms with van der Waals surface area (Å²) in [7, 11) is 0. The highest BCUT2D eigenvalue weighted by Gasteiger charge is 2.43. The van der Waals surface area contributed by atoms with Crippen molar-refractivity contribution >= 4 is 18.0 Å². The zero-order chi connectivity index (χ0) is 22.4. The maximum absolute atomic E-state index is 13.2. The van der Waals surface area contributed by atoms with E-state index in [2.05, 4.69) is 18.8 Å². The number of alkyl carbamates (subject to hydrolysis) is 1. The Labute approximate surface area is 173 Å². The third kappa shape index (κ3) is 8.04. The van der Waals surface area contributed by atoms with Gasteiger partial charge in [-0.1, -0.05) is 26.3 Å². The predicted molar refractivity (Wildman–Crippen MR) is 109 cm³/mol. The normalized spacial score (nSPS) is 22.5. The number of rotatable bonds is 9. The molecule has 1 aliphatic heterocycles. The Hall–Kier alpha value is -2.09. The number of aliphatic hydroxyl groups excluding tert-OH is 1. The predicted octanol–water partition coefficient (Wildman–Crippen LogP) is 2.55. The Morgan fingerprint density at radius 1 is 1.28 bits per heavy atom. The van der Waals surface area contributed by atoms with Gasteiger partial charge in [0.2, 0.25) is 5.91 Å². The highest BCUT2D eigenvalue weighted by Crippen LogP contribution is 2.24.